The van der Waals surface area contributed by atoms with Crippen LogP contribution in [0.25, 0.3) is 11.1 Å². The van der Waals surface area contributed by atoms with Crippen LogP contribution in [0.15, 0.2) is 48.5 Å². The summed E-state index contributed by atoms with van der Waals surface area (Å²) in [5.41, 5.74) is 2.02. The van der Waals surface area contributed by atoms with Crippen LogP contribution in [0, 0.1) is 0 Å². The first-order valence-corrected chi connectivity index (χ1v) is 6.54. The molecule has 0 fully saturated rings. The predicted molar refractivity (Wildman–Crippen MR) is 69.3 cm³/mol. The van der Waals surface area contributed by atoms with Gasteiger partial charge in [0, 0.05) is 5.30 Å². The molecular formula is C13H13O3P. The fourth-order valence-corrected chi connectivity index (χ4v) is 2.06. The van der Waals surface area contributed by atoms with Crippen LogP contribution < -0.4 is 10.0 Å². The first kappa shape index (κ1) is 11.9. The van der Waals surface area contributed by atoms with Crippen molar-refractivity contribution in [1.29, 1.82) is 0 Å². The lowest BCUT2D eigenvalue weighted by Crippen LogP contribution is -1.94. The lowest BCUT2D eigenvalue weighted by atomic mass is 10.1. The van der Waals surface area contributed by atoms with Gasteiger partial charge in [-0.3, -0.25) is 4.57 Å². The molecule has 0 aliphatic carbocycles. The van der Waals surface area contributed by atoms with Crippen molar-refractivity contribution in [2.45, 2.75) is 0 Å². The van der Waals surface area contributed by atoms with E-state index in [9.17, 15) is 4.57 Å². The SMILES string of the molecule is COc1cccc(-c2ccc([PH](=O)O)cc2)c1. The lowest BCUT2D eigenvalue weighted by molar-refractivity contribution is 0.415. The molecule has 0 spiro atoms. The summed E-state index contributed by atoms with van der Waals surface area (Å²) in [6.07, 6.45) is 0. The van der Waals surface area contributed by atoms with Crippen LogP contribution in [0.5, 0.6) is 5.75 Å². The van der Waals surface area contributed by atoms with Crippen molar-refractivity contribution in [3.05, 3.63) is 48.5 Å². The molecule has 1 unspecified atom stereocenters. The Balaban J connectivity index is 2.36. The van der Waals surface area contributed by atoms with E-state index in [4.69, 9.17) is 9.63 Å². The third-order valence-corrected chi connectivity index (χ3v) is 3.36. The summed E-state index contributed by atoms with van der Waals surface area (Å²) in [5, 5.41) is 0.474. The van der Waals surface area contributed by atoms with Crippen LogP contribution in [0.1, 0.15) is 0 Å². The summed E-state index contributed by atoms with van der Waals surface area (Å²) in [6, 6.07) is 14.7. The molecule has 2 aromatic carbocycles. The molecule has 17 heavy (non-hydrogen) atoms. The molecule has 0 aliphatic rings. The predicted octanol–water partition coefficient (Wildman–Crippen LogP) is 2.45. The van der Waals surface area contributed by atoms with E-state index in [-0.39, 0.29) is 0 Å². The van der Waals surface area contributed by atoms with Gasteiger partial charge in [-0.25, -0.2) is 0 Å². The van der Waals surface area contributed by atoms with Gasteiger partial charge in [0.1, 0.15) is 5.75 Å². The highest BCUT2D eigenvalue weighted by Crippen LogP contribution is 2.24. The largest absolute Gasteiger partial charge is 0.497 e. The second-order valence-electron chi connectivity index (χ2n) is 3.61. The Morgan fingerprint density at radius 3 is 2.35 bits per heavy atom. The van der Waals surface area contributed by atoms with Crippen LogP contribution in [0.2, 0.25) is 0 Å². The summed E-state index contributed by atoms with van der Waals surface area (Å²) in [6.45, 7) is 0. The minimum atomic E-state index is -2.60. The van der Waals surface area contributed by atoms with Gasteiger partial charge in [-0.15, -0.1) is 0 Å². The lowest BCUT2D eigenvalue weighted by Gasteiger charge is -2.05. The van der Waals surface area contributed by atoms with E-state index in [1.54, 1.807) is 19.2 Å². The van der Waals surface area contributed by atoms with Gasteiger partial charge < -0.3 is 9.63 Å². The number of hydrogen-bond donors (Lipinski definition) is 1. The number of methoxy groups -OCH3 is 1. The standard InChI is InChI=1S/C13H13O3P/c1-16-12-4-2-3-11(9-12)10-5-7-13(8-6-10)17(14)15/h2-9,17H,1H3,(H,14,15). The molecule has 2 aromatic rings. The van der Waals surface area contributed by atoms with E-state index < -0.39 is 8.03 Å². The van der Waals surface area contributed by atoms with Gasteiger partial charge in [0.15, 0.2) is 0 Å². The molecule has 0 amide bonds. The molecular weight excluding hydrogens is 235 g/mol. The zero-order valence-electron chi connectivity index (χ0n) is 9.38. The molecule has 2 rings (SSSR count). The maximum absolute atomic E-state index is 10.9. The highest BCUT2D eigenvalue weighted by Gasteiger charge is 2.02. The number of benzene rings is 2. The Hall–Kier alpha value is -1.57. The third kappa shape index (κ3) is 2.76. The minimum Gasteiger partial charge on any atom is -0.497 e. The smallest absolute Gasteiger partial charge is 0.218 e. The molecule has 1 atom stereocenters. The molecule has 88 valence electrons. The average molecular weight is 248 g/mol. The summed E-state index contributed by atoms with van der Waals surface area (Å²) in [4.78, 5) is 8.99. The summed E-state index contributed by atoms with van der Waals surface area (Å²) >= 11 is 0. The zero-order valence-corrected chi connectivity index (χ0v) is 10.4. The monoisotopic (exact) mass is 248 g/mol. The van der Waals surface area contributed by atoms with Crippen molar-refractivity contribution < 1.29 is 14.2 Å². The number of rotatable bonds is 3. The van der Waals surface area contributed by atoms with Crippen molar-refractivity contribution in [2.24, 2.45) is 0 Å². The van der Waals surface area contributed by atoms with Gasteiger partial charge in [-0.05, 0) is 35.4 Å². The molecule has 0 saturated heterocycles. The third-order valence-electron chi connectivity index (χ3n) is 2.53. The Morgan fingerprint density at radius 2 is 1.76 bits per heavy atom. The van der Waals surface area contributed by atoms with Crippen LogP contribution in [0.4, 0.5) is 0 Å². The first-order valence-electron chi connectivity index (χ1n) is 5.18. The number of hydrogen-bond acceptors (Lipinski definition) is 2. The highest BCUT2D eigenvalue weighted by atomic mass is 31.1. The Bertz CT molecular complexity index is 535. The van der Waals surface area contributed by atoms with Crippen molar-refractivity contribution in [2.75, 3.05) is 7.11 Å². The topological polar surface area (TPSA) is 46.5 Å². The fraction of sp³-hybridized carbons (Fsp3) is 0.0769. The molecule has 0 bridgehead atoms. The van der Waals surface area contributed by atoms with E-state index in [1.165, 1.54) is 0 Å². The van der Waals surface area contributed by atoms with Crippen LogP contribution in [0.3, 0.4) is 0 Å². The fourth-order valence-electron chi connectivity index (χ4n) is 1.61. The van der Waals surface area contributed by atoms with Gasteiger partial charge in [0.2, 0.25) is 8.03 Å². The Kier molecular flexibility index (Phi) is 3.62. The van der Waals surface area contributed by atoms with Gasteiger partial charge in [0.25, 0.3) is 0 Å². The molecule has 4 heteroatoms. The molecule has 1 N–H and O–H groups in total. The quantitative estimate of drug-likeness (QED) is 0.849. The summed E-state index contributed by atoms with van der Waals surface area (Å²) < 4.78 is 16.1. The van der Waals surface area contributed by atoms with E-state index in [0.717, 1.165) is 16.9 Å². The van der Waals surface area contributed by atoms with Crippen molar-refractivity contribution >= 4 is 13.3 Å². The first-order chi connectivity index (χ1) is 8.20. The van der Waals surface area contributed by atoms with Gasteiger partial charge in [-0.1, -0.05) is 24.3 Å². The molecule has 0 heterocycles. The van der Waals surface area contributed by atoms with Gasteiger partial charge in [-0.2, -0.15) is 0 Å². The summed E-state index contributed by atoms with van der Waals surface area (Å²) in [5.74, 6) is 0.794. The van der Waals surface area contributed by atoms with E-state index in [2.05, 4.69) is 0 Å². The van der Waals surface area contributed by atoms with Crippen molar-refractivity contribution in [3.63, 3.8) is 0 Å². The Morgan fingerprint density at radius 1 is 1.06 bits per heavy atom. The number of ether oxygens (including phenoxy) is 1. The molecule has 0 radical (unpaired) electrons. The maximum Gasteiger partial charge on any atom is 0.218 e. The summed E-state index contributed by atoms with van der Waals surface area (Å²) in [7, 11) is -0.972. The molecule has 0 aliphatic heterocycles. The maximum atomic E-state index is 10.9. The minimum absolute atomic E-state index is 0.474. The molecule has 0 saturated carbocycles. The van der Waals surface area contributed by atoms with Crippen molar-refractivity contribution in [1.82, 2.24) is 0 Å². The van der Waals surface area contributed by atoms with Crippen LogP contribution in [-0.4, -0.2) is 12.0 Å². The highest BCUT2D eigenvalue weighted by molar-refractivity contribution is 7.47. The van der Waals surface area contributed by atoms with E-state index >= 15 is 0 Å². The molecule has 3 nitrogen and oxygen atoms in total. The second kappa shape index (κ2) is 5.17. The van der Waals surface area contributed by atoms with Crippen LogP contribution >= 0.6 is 8.03 Å². The van der Waals surface area contributed by atoms with E-state index in [1.807, 2.05) is 36.4 Å². The van der Waals surface area contributed by atoms with Crippen LogP contribution in [-0.2, 0) is 4.57 Å². The Labute approximate surface area is 101 Å². The van der Waals surface area contributed by atoms with Gasteiger partial charge in [0.05, 0.1) is 7.11 Å². The van der Waals surface area contributed by atoms with E-state index in [0.29, 0.717) is 5.30 Å². The van der Waals surface area contributed by atoms with Crippen molar-refractivity contribution in [3.8, 4) is 16.9 Å². The second-order valence-corrected chi connectivity index (χ2v) is 4.80. The average Bonchev–Trinajstić information content (AvgIpc) is 2.39. The van der Waals surface area contributed by atoms with Gasteiger partial charge >= 0.3 is 0 Å². The zero-order chi connectivity index (χ0) is 12.3. The molecule has 0 aromatic heterocycles. The normalized spacial score (nSPS) is 12.1.